The van der Waals surface area contributed by atoms with Crippen LogP contribution in [0.25, 0.3) is 0 Å². The predicted molar refractivity (Wildman–Crippen MR) is 88.0 cm³/mol. The minimum absolute atomic E-state index is 0.0682. The van der Waals surface area contributed by atoms with Gasteiger partial charge in [-0.25, -0.2) is 0 Å². The van der Waals surface area contributed by atoms with E-state index in [0.717, 1.165) is 26.2 Å². The predicted octanol–water partition coefficient (Wildman–Crippen LogP) is 1.47. The first-order chi connectivity index (χ1) is 11.2. The maximum atomic E-state index is 12.7. The van der Waals surface area contributed by atoms with Gasteiger partial charge in [0.1, 0.15) is 5.75 Å². The van der Waals surface area contributed by atoms with E-state index >= 15 is 0 Å². The fourth-order valence-electron chi connectivity index (χ4n) is 3.70. The minimum Gasteiger partial charge on any atom is -0.496 e. The number of piperazine rings is 1. The van der Waals surface area contributed by atoms with Crippen LogP contribution in [0.2, 0.25) is 0 Å². The van der Waals surface area contributed by atoms with Crippen molar-refractivity contribution in [1.29, 1.82) is 0 Å². The van der Waals surface area contributed by atoms with Gasteiger partial charge in [-0.05, 0) is 12.8 Å². The zero-order valence-corrected chi connectivity index (χ0v) is 13.7. The van der Waals surface area contributed by atoms with Crippen molar-refractivity contribution in [3.05, 3.63) is 28.2 Å². The van der Waals surface area contributed by atoms with Gasteiger partial charge in [-0.15, -0.1) is 0 Å². The molecular weight excluding hydrogens is 294 g/mol. The number of amides is 1. The highest BCUT2D eigenvalue weighted by Gasteiger charge is 2.28. The van der Waals surface area contributed by atoms with Crippen molar-refractivity contribution in [2.75, 3.05) is 33.3 Å². The van der Waals surface area contributed by atoms with Crippen LogP contribution in [0, 0.1) is 0 Å². The van der Waals surface area contributed by atoms with Gasteiger partial charge in [-0.1, -0.05) is 19.3 Å². The molecule has 3 rings (SSSR count). The van der Waals surface area contributed by atoms with Gasteiger partial charge in [0.05, 0.1) is 12.7 Å². The third kappa shape index (κ3) is 3.58. The third-order valence-corrected chi connectivity index (χ3v) is 5.03. The summed E-state index contributed by atoms with van der Waals surface area (Å²) in [7, 11) is 1.48. The lowest BCUT2D eigenvalue weighted by Crippen LogP contribution is -2.52. The van der Waals surface area contributed by atoms with Crippen LogP contribution in [-0.2, 0) is 0 Å². The van der Waals surface area contributed by atoms with E-state index in [-0.39, 0.29) is 11.5 Å². The van der Waals surface area contributed by atoms with Crippen LogP contribution in [-0.4, -0.2) is 60.0 Å². The Kier molecular flexibility index (Phi) is 5.00. The van der Waals surface area contributed by atoms with Crippen LogP contribution < -0.4 is 10.3 Å². The van der Waals surface area contributed by atoms with Gasteiger partial charge in [0, 0.05) is 44.5 Å². The molecule has 0 spiro atoms. The van der Waals surface area contributed by atoms with E-state index in [1.165, 1.54) is 51.5 Å². The molecule has 1 N–H and O–H groups in total. The van der Waals surface area contributed by atoms with Crippen molar-refractivity contribution in [2.24, 2.45) is 0 Å². The summed E-state index contributed by atoms with van der Waals surface area (Å²) in [6.07, 6.45) is 8.07. The summed E-state index contributed by atoms with van der Waals surface area (Å²) in [5, 5.41) is 0. The molecule has 0 aromatic carbocycles. The Hall–Kier alpha value is -1.82. The maximum Gasteiger partial charge on any atom is 0.259 e. The number of hydrogen-bond donors (Lipinski definition) is 1. The largest absolute Gasteiger partial charge is 0.496 e. The third-order valence-electron chi connectivity index (χ3n) is 5.03. The number of ether oxygens (including phenoxy) is 1. The number of carbonyl (C=O) groups excluding carboxylic acids is 1. The number of nitrogens with zero attached hydrogens (tertiary/aromatic N) is 2. The molecule has 2 heterocycles. The molecule has 23 heavy (non-hydrogen) atoms. The Morgan fingerprint density at radius 1 is 1.17 bits per heavy atom. The second-order valence-corrected chi connectivity index (χ2v) is 6.40. The number of H-pyrrole nitrogens is 1. The number of nitrogens with one attached hydrogen (secondary N) is 1. The number of hydrogen-bond acceptors (Lipinski definition) is 4. The fraction of sp³-hybridized carbons (Fsp3) is 0.647. The summed E-state index contributed by atoms with van der Waals surface area (Å²) in [4.78, 5) is 31.0. The van der Waals surface area contributed by atoms with Crippen LogP contribution in [0.1, 0.15) is 42.5 Å². The Balaban J connectivity index is 1.63. The van der Waals surface area contributed by atoms with Crippen LogP contribution in [0.4, 0.5) is 0 Å². The summed E-state index contributed by atoms with van der Waals surface area (Å²) >= 11 is 0. The molecule has 0 bridgehead atoms. The molecule has 1 saturated heterocycles. The second kappa shape index (κ2) is 7.17. The zero-order valence-electron chi connectivity index (χ0n) is 13.7. The lowest BCUT2D eigenvalue weighted by atomic mass is 9.94. The highest BCUT2D eigenvalue weighted by atomic mass is 16.5. The number of aromatic nitrogens is 1. The molecule has 2 aliphatic rings. The summed E-state index contributed by atoms with van der Waals surface area (Å²) < 4.78 is 5.18. The van der Waals surface area contributed by atoms with Crippen LogP contribution >= 0.6 is 0 Å². The normalized spacial score (nSPS) is 20.5. The van der Waals surface area contributed by atoms with E-state index in [4.69, 9.17) is 4.74 Å². The van der Waals surface area contributed by atoms with Crippen molar-refractivity contribution < 1.29 is 9.53 Å². The van der Waals surface area contributed by atoms with Crippen molar-refractivity contribution in [1.82, 2.24) is 14.8 Å². The van der Waals surface area contributed by atoms with E-state index < -0.39 is 0 Å². The fourth-order valence-corrected chi connectivity index (χ4v) is 3.70. The molecule has 1 aliphatic carbocycles. The molecule has 6 nitrogen and oxygen atoms in total. The lowest BCUT2D eigenvalue weighted by Gasteiger charge is -2.40. The molecule has 1 amide bonds. The molecule has 0 unspecified atom stereocenters. The average Bonchev–Trinajstić information content (AvgIpc) is 2.62. The van der Waals surface area contributed by atoms with Crippen molar-refractivity contribution in [3.63, 3.8) is 0 Å². The van der Waals surface area contributed by atoms with E-state index in [0.29, 0.717) is 17.4 Å². The topological polar surface area (TPSA) is 65.6 Å². The van der Waals surface area contributed by atoms with Gasteiger partial charge in [0.2, 0.25) is 0 Å². The Morgan fingerprint density at radius 2 is 1.87 bits per heavy atom. The summed E-state index contributed by atoms with van der Waals surface area (Å²) in [5.74, 6) is 0.273. The van der Waals surface area contributed by atoms with E-state index in [1.807, 2.05) is 4.90 Å². The van der Waals surface area contributed by atoms with Crippen molar-refractivity contribution in [3.8, 4) is 5.75 Å². The Morgan fingerprint density at radius 3 is 2.52 bits per heavy atom. The van der Waals surface area contributed by atoms with E-state index in [1.54, 1.807) is 0 Å². The van der Waals surface area contributed by atoms with Crippen LogP contribution in [0.5, 0.6) is 5.75 Å². The van der Waals surface area contributed by atoms with E-state index in [2.05, 4.69) is 9.88 Å². The van der Waals surface area contributed by atoms with Gasteiger partial charge >= 0.3 is 0 Å². The maximum absolute atomic E-state index is 12.7. The minimum atomic E-state index is -0.263. The van der Waals surface area contributed by atoms with Crippen molar-refractivity contribution in [2.45, 2.75) is 38.1 Å². The van der Waals surface area contributed by atoms with Crippen LogP contribution in [0.15, 0.2) is 17.1 Å². The van der Waals surface area contributed by atoms with Gasteiger partial charge in [-0.2, -0.15) is 0 Å². The summed E-state index contributed by atoms with van der Waals surface area (Å²) in [5.41, 5.74) is 0.165. The smallest absolute Gasteiger partial charge is 0.259 e. The molecule has 1 aliphatic heterocycles. The molecule has 6 heteroatoms. The number of methoxy groups -OCH3 is 1. The van der Waals surface area contributed by atoms with E-state index in [9.17, 15) is 9.59 Å². The standard InChI is InChI=1S/C17H25N3O3/c1-23-15-11-16(21)18-12-14(15)17(22)20-9-7-19(8-10-20)13-5-3-2-4-6-13/h11-13H,2-10H2,1H3,(H,18,21). The molecule has 1 aromatic rings. The highest BCUT2D eigenvalue weighted by molar-refractivity contribution is 5.96. The van der Waals surface area contributed by atoms with Gasteiger partial charge in [-0.3, -0.25) is 14.5 Å². The highest BCUT2D eigenvalue weighted by Crippen LogP contribution is 2.24. The summed E-state index contributed by atoms with van der Waals surface area (Å²) in [6.45, 7) is 3.33. The first-order valence-corrected chi connectivity index (χ1v) is 8.49. The SMILES string of the molecule is COc1cc(=O)[nH]cc1C(=O)N1CCN(C2CCCCC2)CC1. The molecule has 1 saturated carbocycles. The van der Waals surface area contributed by atoms with Gasteiger partial charge in [0.25, 0.3) is 11.5 Å². The van der Waals surface area contributed by atoms with Gasteiger partial charge < -0.3 is 14.6 Å². The number of pyridine rings is 1. The van der Waals surface area contributed by atoms with Crippen molar-refractivity contribution >= 4 is 5.91 Å². The first-order valence-electron chi connectivity index (χ1n) is 8.49. The second-order valence-electron chi connectivity index (χ2n) is 6.40. The number of rotatable bonds is 3. The summed E-state index contributed by atoms with van der Waals surface area (Å²) in [6, 6.07) is 2.02. The molecular formula is C17H25N3O3. The first kappa shape index (κ1) is 16.1. The zero-order chi connectivity index (χ0) is 16.2. The Bertz CT molecular complexity index is 599. The Labute approximate surface area is 136 Å². The molecule has 0 atom stereocenters. The molecule has 2 fully saturated rings. The van der Waals surface area contributed by atoms with Crippen LogP contribution in [0.3, 0.4) is 0 Å². The molecule has 0 radical (unpaired) electrons. The van der Waals surface area contributed by atoms with Gasteiger partial charge in [0.15, 0.2) is 0 Å². The number of carbonyl (C=O) groups is 1. The number of aromatic amines is 1. The monoisotopic (exact) mass is 319 g/mol. The molecule has 126 valence electrons. The molecule has 1 aromatic heterocycles. The average molecular weight is 319 g/mol. The quantitative estimate of drug-likeness (QED) is 0.916. The lowest BCUT2D eigenvalue weighted by molar-refractivity contribution is 0.0520.